The first-order chi connectivity index (χ1) is 10.0. The molecule has 0 bridgehead atoms. The van der Waals surface area contributed by atoms with Gasteiger partial charge in [-0.25, -0.2) is 4.79 Å². The van der Waals surface area contributed by atoms with Gasteiger partial charge >= 0.3 is 5.97 Å². The quantitative estimate of drug-likeness (QED) is 0.844. The molecule has 6 nitrogen and oxygen atoms in total. The lowest BCUT2D eigenvalue weighted by Gasteiger charge is -2.24. The summed E-state index contributed by atoms with van der Waals surface area (Å²) < 4.78 is 16.0. The molecule has 0 aliphatic carbocycles. The average molecular weight is 291 g/mol. The van der Waals surface area contributed by atoms with Gasteiger partial charge in [0.2, 0.25) is 5.60 Å². The highest BCUT2D eigenvalue weighted by Gasteiger charge is 2.33. The Morgan fingerprint density at radius 1 is 1.29 bits per heavy atom. The van der Waals surface area contributed by atoms with Crippen molar-refractivity contribution in [1.29, 1.82) is 0 Å². The third kappa shape index (κ3) is 3.75. The van der Waals surface area contributed by atoms with Gasteiger partial charge in [0.05, 0.1) is 6.20 Å². The standard InChI is InChI=1S/C15H17NO5/c1-3-15(2,14(17)18)20-12-6-4-11(5-7-12)19-10-13-8-9-16-21-13/h4-9H,3,10H2,1-2H3,(H,17,18). The molecule has 0 fully saturated rings. The molecular weight excluding hydrogens is 274 g/mol. The lowest BCUT2D eigenvalue weighted by atomic mass is 10.0. The fourth-order valence-electron chi connectivity index (χ4n) is 1.60. The van der Waals surface area contributed by atoms with Crippen LogP contribution in [-0.4, -0.2) is 21.8 Å². The number of benzene rings is 1. The first-order valence-electron chi connectivity index (χ1n) is 6.58. The van der Waals surface area contributed by atoms with Gasteiger partial charge in [-0.2, -0.15) is 0 Å². The largest absolute Gasteiger partial charge is 0.486 e. The second-order valence-corrected chi connectivity index (χ2v) is 4.73. The monoisotopic (exact) mass is 291 g/mol. The SMILES string of the molecule is CCC(C)(Oc1ccc(OCc2ccno2)cc1)C(=O)O. The van der Waals surface area contributed by atoms with Gasteiger partial charge in [0.25, 0.3) is 0 Å². The third-order valence-corrected chi connectivity index (χ3v) is 3.17. The van der Waals surface area contributed by atoms with Crippen LogP contribution in [0.15, 0.2) is 41.1 Å². The molecule has 112 valence electrons. The van der Waals surface area contributed by atoms with Crippen LogP contribution in [-0.2, 0) is 11.4 Å². The van der Waals surface area contributed by atoms with Gasteiger partial charge in [-0.05, 0) is 37.6 Å². The maximum Gasteiger partial charge on any atom is 0.347 e. The topological polar surface area (TPSA) is 81.8 Å². The average Bonchev–Trinajstić information content (AvgIpc) is 2.99. The van der Waals surface area contributed by atoms with E-state index in [-0.39, 0.29) is 6.61 Å². The van der Waals surface area contributed by atoms with E-state index in [1.54, 1.807) is 50.4 Å². The van der Waals surface area contributed by atoms with Crippen molar-refractivity contribution in [3.05, 3.63) is 42.3 Å². The molecule has 1 unspecified atom stereocenters. The summed E-state index contributed by atoms with van der Waals surface area (Å²) in [6, 6.07) is 8.49. The van der Waals surface area contributed by atoms with E-state index < -0.39 is 11.6 Å². The van der Waals surface area contributed by atoms with Gasteiger partial charge in [0.1, 0.15) is 18.1 Å². The molecule has 1 aromatic carbocycles. The zero-order chi connectivity index (χ0) is 15.3. The van der Waals surface area contributed by atoms with Gasteiger partial charge < -0.3 is 19.1 Å². The highest BCUT2D eigenvalue weighted by Crippen LogP contribution is 2.24. The molecule has 2 rings (SSSR count). The molecule has 0 radical (unpaired) electrons. The lowest BCUT2D eigenvalue weighted by molar-refractivity contribution is -0.154. The molecule has 0 aliphatic rings. The Morgan fingerprint density at radius 3 is 2.48 bits per heavy atom. The fourth-order valence-corrected chi connectivity index (χ4v) is 1.60. The van der Waals surface area contributed by atoms with Crippen LogP contribution in [0.1, 0.15) is 26.0 Å². The summed E-state index contributed by atoms with van der Waals surface area (Å²) in [5, 5.41) is 12.8. The molecule has 0 aliphatic heterocycles. The summed E-state index contributed by atoms with van der Waals surface area (Å²) in [5.74, 6) is 0.747. The number of aromatic nitrogens is 1. The second kappa shape index (κ2) is 6.30. The molecular formula is C15H17NO5. The Balaban J connectivity index is 1.97. The van der Waals surface area contributed by atoms with Crippen LogP contribution in [0.5, 0.6) is 11.5 Å². The van der Waals surface area contributed by atoms with Crippen molar-refractivity contribution in [3.63, 3.8) is 0 Å². The highest BCUT2D eigenvalue weighted by molar-refractivity contribution is 5.77. The summed E-state index contributed by atoms with van der Waals surface area (Å²) in [7, 11) is 0. The molecule has 1 atom stereocenters. The van der Waals surface area contributed by atoms with Crippen molar-refractivity contribution < 1.29 is 23.9 Å². The van der Waals surface area contributed by atoms with E-state index in [0.29, 0.717) is 23.7 Å². The van der Waals surface area contributed by atoms with Crippen LogP contribution < -0.4 is 9.47 Å². The molecule has 1 N–H and O–H groups in total. The summed E-state index contributed by atoms with van der Waals surface area (Å²) in [6.07, 6.45) is 1.92. The van der Waals surface area contributed by atoms with Crippen LogP contribution in [0.3, 0.4) is 0 Å². The number of carboxylic acid groups (broad SMARTS) is 1. The Labute approximate surface area is 122 Å². The van der Waals surface area contributed by atoms with E-state index in [4.69, 9.17) is 14.0 Å². The molecule has 0 spiro atoms. The number of carboxylic acids is 1. The number of aliphatic carboxylic acids is 1. The second-order valence-electron chi connectivity index (χ2n) is 4.73. The molecule has 0 saturated heterocycles. The van der Waals surface area contributed by atoms with E-state index >= 15 is 0 Å². The molecule has 21 heavy (non-hydrogen) atoms. The Kier molecular flexibility index (Phi) is 4.47. The zero-order valence-corrected chi connectivity index (χ0v) is 11.9. The van der Waals surface area contributed by atoms with Gasteiger partial charge in [-0.15, -0.1) is 0 Å². The number of rotatable bonds is 7. The minimum Gasteiger partial charge on any atom is -0.486 e. The predicted octanol–water partition coefficient (Wildman–Crippen LogP) is 2.89. The van der Waals surface area contributed by atoms with Crippen LogP contribution >= 0.6 is 0 Å². The van der Waals surface area contributed by atoms with Gasteiger partial charge in [0, 0.05) is 6.07 Å². The molecule has 1 aromatic heterocycles. The Bertz CT molecular complexity index is 579. The summed E-state index contributed by atoms with van der Waals surface area (Å²) in [4.78, 5) is 11.2. The Hall–Kier alpha value is -2.50. The number of nitrogens with zero attached hydrogens (tertiary/aromatic N) is 1. The van der Waals surface area contributed by atoms with Gasteiger partial charge in [0.15, 0.2) is 5.76 Å². The summed E-state index contributed by atoms with van der Waals surface area (Å²) >= 11 is 0. The van der Waals surface area contributed by atoms with Crippen LogP contribution in [0, 0.1) is 0 Å². The third-order valence-electron chi connectivity index (χ3n) is 3.17. The minimum atomic E-state index is -1.23. The lowest BCUT2D eigenvalue weighted by Crippen LogP contribution is -2.40. The molecule has 0 amide bonds. The van der Waals surface area contributed by atoms with Crippen LogP contribution in [0.25, 0.3) is 0 Å². The Morgan fingerprint density at radius 2 is 1.95 bits per heavy atom. The first kappa shape index (κ1) is 14.9. The van der Waals surface area contributed by atoms with Crippen molar-refractivity contribution in [2.75, 3.05) is 0 Å². The van der Waals surface area contributed by atoms with Crippen LogP contribution in [0.2, 0.25) is 0 Å². The maximum atomic E-state index is 11.2. The number of hydrogen-bond acceptors (Lipinski definition) is 5. The van der Waals surface area contributed by atoms with E-state index in [9.17, 15) is 9.90 Å². The molecule has 6 heteroatoms. The molecule has 1 heterocycles. The minimum absolute atomic E-state index is 0.280. The number of ether oxygens (including phenoxy) is 2. The zero-order valence-electron chi connectivity index (χ0n) is 11.9. The number of carbonyl (C=O) groups is 1. The maximum absolute atomic E-state index is 11.2. The van der Waals surface area contributed by atoms with E-state index in [2.05, 4.69) is 5.16 Å². The van der Waals surface area contributed by atoms with Crippen LogP contribution in [0.4, 0.5) is 0 Å². The fraction of sp³-hybridized carbons (Fsp3) is 0.333. The number of hydrogen-bond donors (Lipinski definition) is 1. The molecule has 2 aromatic rings. The summed E-state index contributed by atoms with van der Waals surface area (Å²) in [6.45, 7) is 3.59. The van der Waals surface area contributed by atoms with Crippen molar-refractivity contribution in [2.24, 2.45) is 0 Å². The molecule has 0 saturated carbocycles. The first-order valence-corrected chi connectivity index (χ1v) is 6.58. The highest BCUT2D eigenvalue weighted by atomic mass is 16.5. The van der Waals surface area contributed by atoms with Crippen molar-refractivity contribution in [2.45, 2.75) is 32.5 Å². The normalized spacial score (nSPS) is 13.4. The van der Waals surface area contributed by atoms with Crippen molar-refractivity contribution >= 4 is 5.97 Å². The smallest absolute Gasteiger partial charge is 0.347 e. The van der Waals surface area contributed by atoms with Gasteiger partial charge in [-0.3, -0.25) is 0 Å². The van der Waals surface area contributed by atoms with Crippen molar-refractivity contribution in [1.82, 2.24) is 5.16 Å². The van der Waals surface area contributed by atoms with Gasteiger partial charge in [-0.1, -0.05) is 12.1 Å². The van der Waals surface area contributed by atoms with E-state index in [1.165, 1.54) is 0 Å². The predicted molar refractivity (Wildman–Crippen MR) is 74.2 cm³/mol. The summed E-state index contributed by atoms with van der Waals surface area (Å²) in [5.41, 5.74) is -1.23. The van der Waals surface area contributed by atoms with Crippen molar-refractivity contribution in [3.8, 4) is 11.5 Å². The van der Waals surface area contributed by atoms with E-state index in [1.807, 2.05) is 0 Å². The van der Waals surface area contributed by atoms with E-state index in [0.717, 1.165) is 0 Å².